The van der Waals surface area contributed by atoms with E-state index in [0.29, 0.717) is 11.2 Å². The third-order valence-corrected chi connectivity index (χ3v) is 3.26. The fourth-order valence-corrected chi connectivity index (χ4v) is 2.10. The van der Waals surface area contributed by atoms with Gasteiger partial charge in [0, 0.05) is 5.92 Å². The summed E-state index contributed by atoms with van der Waals surface area (Å²) < 4.78 is 0. The van der Waals surface area contributed by atoms with E-state index >= 15 is 0 Å². The van der Waals surface area contributed by atoms with E-state index in [1.807, 2.05) is 13.8 Å². The lowest BCUT2D eigenvalue weighted by molar-refractivity contribution is 0.103. The zero-order chi connectivity index (χ0) is 16.7. The molecule has 8 heteroatoms. The lowest BCUT2D eigenvalue weighted by Gasteiger charge is -2.10. The van der Waals surface area contributed by atoms with Crippen molar-refractivity contribution in [2.24, 2.45) is 5.92 Å². The molecular weight excluding hydrogens is 286 g/mol. The molecule has 3 rings (SSSR count). The third kappa shape index (κ3) is 4.15. The number of aromatic nitrogens is 4. The maximum absolute atomic E-state index is 11.0. The van der Waals surface area contributed by atoms with E-state index in [-0.39, 0.29) is 30.1 Å². The Morgan fingerprint density at radius 1 is 1.50 bits per heavy atom. The van der Waals surface area contributed by atoms with Crippen molar-refractivity contribution in [3.05, 3.63) is 28.8 Å². The number of aliphatic hydroxyl groups is 2. The number of H-pyrrole nitrogens is 2. The van der Waals surface area contributed by atoms with Crippen LogP contribution in [0.15, 0.2) is 23.3 Å². The van der Waals surface area contributed by atoms with Gasteiger partial charge in [0.15, 0.2) is 11.2 Å². The topological polar surface area (TPSA) is 141 Å². The Morgan fingerprint density at radius 3 is 2.68 bits per heavy atom. The molecule has 2 atom stereocenters. The van der Waals surface area contributed by atoms with Crippen molar-refractivity contribution in [2.45, 2.75) is 32.8 Å². The van der Waals surface area contributed by atoms with Crippen LogP contribution in [0.4, 0.5) is 5.95 Å². The Morgan fingerprint density at radius 2 is 2.18 bits per heavy atom. The number of aromatic amines is 2. The summed E-state index contributed by atoms with van der Waals surface area (Å²) in [5, 5.41) is 17.8. The average molecular weight is 309 g/mol. The molecule has 2 heterocycles. The number of hydrogen-bond donors (Lipinski definition) is 5. The lowest BCUT2D eigenvalue weighted by atomic mass is 10.0. The summed E-state index contributed by atoms with van der Waals surface area (Å²) in [6.07, 6.45) is 2.69. The molecule has 122 valence electrons. The van der Waals surface area contributed by atoms with Crippen LogP contribution in [0.2, 0.25) is 0 Å². The number of fused-ring (bicyclic) bond motifs is 1. The molecule has 0 saturated heterocycles. The summed E-state index contributed by atoms with van der Waals surface area (Å²) in [5.74, 6) is 0.0274. The molecule has 1 fully saturated rings. The van der Waals surface area contributed by atoms with Crippen LogP contribution in [0.5, 0.6) is 0 Å². The predicted molar refractivity (Wildman–Crippen MR) is 85.2 cm³/mol. The first-order chi connectivity index (χ1) is 10.5. The summed E-state index contributed by atoms with van der Waals surface area (Å²) in [7, 11) is 0. The highest BCUT2D eigenvalue weighted by molar-refractivity contribution is 5.69. The number of anilines is 1. The van der Waals surface area contributed by atoms with Crippen LogP contribution >= 0.6 is 0 Å². The molecule has 0 spiro atoms. The summed E-state index contributed by atoms with van der Waals surface area (Å²) in [6.45, 7) is 7.78. The van der Waals surface area contributed by atoms with Gasteiger partial charge in [-0.15, -0.1) is 0 Å². The number of nitrogen functional groups attached to an aromatic ring is 1. The van der Waals surface area contributed by atoms with Gasteiger partial charge in [0.1, 0.15) is 0 Å². The van der Waals surface area contributed by atoms with Gasteiger partial charge in [0.05, 0.1) is 19.0 Å². The molecule has 8 nitrogen and oxygen atoms in total. The van der Waals surface area contributed by atoms with Gasteiger partial charge in [-0.3, -0.25) is 9.78 Å². The highest BCUT2D eigenvalue weighted by Crippen LogP contribution is 2.29. The molecule has 1 unspecified atom stereocenters. The fourth-order valence-electron chi connectivity index (χ4n) is 2.10. The molecule has 1 saturated carbocycles. The monoisotopic (exact) mass is 309 g/mol. The van der Waals surface area contributed by atoms with Crippen LogP contribution in [-0.4, -0.2) is 42.9 Å². The zero-order valence-corrected chi connectivity index (χ0v) is 12.8. The Hall–Kier alpha value is -2.19. The van der Waals surface area contributed by atoms with Crippen molar-refractivity contribution in [2.75, 3.05) is 12.3 Å². The first-order valence-electron chi connectivity index (χ1n) is 7.18. The molecule has 0 aliphatic heterocycles. The van der Waals surface area contributed by atoms with Crippen LogP contribution in [0.25, 0.3) is 11.2 Å². The number of nitrogens with two attached hydrogens (primary N) is 1. The molecular formula is C14H23N5O3. The molecule has 0 amide bonds. The molecule has 22 heavy (non-hydrogen) atoms. The van der Waals surface area contributed by atoms with Crippen LogP contribution in [-0.2, 0) is 0 Å². The standard InChI is InChI=1S/C7H12O2.C5H5N5O.C2H6/c1-5-2-3-7(9)6(5)4-8;6-5-9-3-2(4(11)10-5)7-1-8-3;1-2/h6-9H,1-4H2;1H,(H4,6,7,8,9,10,11);1-2H3/t6-,7?;;/m0../s1. The predicted octanol–water partition coefficient (Wildman–Crippen LogP) is 0.560. The third-order valence-electron chi connectivity index (χ3n) is 3.26. The minimum atomic E-state index is -0.345. The van der Waals surface area contributed by atoms with Gasteiger partial charge in [-0.05, 0) is 12.8 Å². The van der Waals surface area contributed by atoms with Crippen molar-refractivity contribution in [1.29, 1.82) is 0 Å². The molecule has 2 aromatic rings. The second-order valence-corrected chi connectivity index (χ2v) is 4.61. The van der Waals surface area contributed by atoms with Gasteiger partial charge < -0.3 is 20.9 Å². The largest absolute Gasteiger partial charge is 0.396 e. The summed E-state index contributed by atoms with van der Waals surface area (Å²) in [5.41, 5.74) is 6.64. The molecule has 1 aliphatic rings. The first kappa shape index (κ1) is 17.9. The first-order valence-corrected chi connectivity index (χ1v) is 7.18. The Labute approximate surface area is 128 Å². The summed E-state index contributed by atoms with van der Waals surface area (Å²) >= 11 is 0. The lowest BCUT2D eigenvalue weighted by Crippen LogP contribution is -2.17. The molecule has 2 aromatic heterocycles. The van der Waals surface area contributed by atoms with Crippen LogP contribution in [0.1, 0.15) is 26.7 Å². The molecule has 0 radical (unpaired) electrons. The van der Waals surface area contributed by atoms with E-state index in [2.05, 4.69) is 26.5 Å². The maximum Gasteiger partial charge on any atom is 0.278 e. The molecule has 1 aliphatic carbocycles. The van der Waals surface area contributed by atoms with Crippen molar-refractivity contribution in [1.82, 2.24) is 19.9 Å². The smallest absolute Gasteiger partial charge is 0.278 e. The summed E-state index contributed by atoms with van der Waals surface area (Å²) in [6, 6.07) is 0. The second-order valence-electron chi connectivity index (χ2n) is 4.61. The van der Waals surface area contributed by atoms with Crippen LogP contribution in [0, 0.1) is 5.92 Å². The molecule has 0 bridgehead atoms. The summed E-state index contributed by atoms with van der Waals surface area (Å²) in [4.78, 5) is 23.5. The van der Waals surface area contributed by atoms with E-state index < -0.39 is 0 Å². The maximum atomic E-state index is 11.0. The minimum Gasteiger partial charge on any atom is -0.396 e. The Balaban J connectivity index is 0.000000202. The van der Waals surface area contributed by atoms with Gasteiger partial charge in [0.2, 0.25) is 5.95 Å². The van der Waals surface area contributed by atoms with E-state index in [4.69, 9.17) is 15.9 Å². The Bertz CT molecular complexity index is 664. The second kappa shape index (κ2) is 8.30. The van der Waals surface area contributed by atoms with Crippen LogP contribution < -0.4 is 11.3 Å². The van der Waals surface area contributed by atoms with Crippen molar-refractivity contribution < 1.29 is 10.2 Å². The minimum absolute atomic E-state index is 0.0417. The SMILES string of the molecule is C=C1CCC(O)[C@H]1CO.CC.Nc1nc2nc[nH]c2c(=O)[nH]1. The van der Waals surface area contributed by atoms with E-state index in [1.54, 1.807) is 0 Å². The number of aliphatic hydroxyl groups excluding tert-OH is 2. The van der Waals surface area contributed by atoms with Crippen molar-refractivity contribution in [3.8, 4) is 0 Å². The van der Waals surface area contributed by atoms with E-state index in [1.165, 1.54) is 6.33 Å². The average Bonchev–Trinajstić information content (AvgIpc) is 3.09. The van der Waals surface area contributed by atoms with Gasteiger partial charge in [0.25, 0.3) is 5.56 Å². The van der Waals surface area contributed by atoms with E-state index in [9.17, 15) is 4.79 Å². The van der Waals surface area contributed by atoms with Crippen LogP contribution in [0.3, 0.4) is 0 Å². The van der Waals surface area contributed by atoms with Crippen molar-refractivity contribution in [3.63, 3.8) is 0 Å². The number of rotatable bonds is 1. The van der Waals surface area contributed by atoms with Crippen molar-refractivity contribution >= 4 is 17.1 Å². The van der Waals surface area contributed by atoms with E-state index in [0.717, 1.165) is 18.4 Å². The van der Waals surface area contributed by atoms with Gasteiger partial charge in [-0.2, -0.15) is 4.98 Å². The zero-order valence-electron chi connectivity index (χ0n) is 12.8. The number of nitrogens with zero attached hydrogens (tertiary/aromatic N) is 2. The van der Waals surface area contributed by atoms with Gasteiger partial charge >= 0.3 is 0 Å². The highest BCUT2D eigenvalue weighted by Gasteiger charge is 2.27. The number of nitrogens with one attached hydrogen (secondary N) is 2. The molecule has 6 N–H and O–H groups in total. The van der Waals surface area contributed by atoms with Gasteiger partial charge in [-0.1, -0.05) is 26.0 Å². The molecule has 0 aromatic carbocycles. The Kier molecular flexibility index (Phi) is 6.74. The normalized spacial score (nSPS) is 20.1. The fraction of sp³-hybridized carbons (Fsp3) is 0.500. The quantitative estimate of drug-likeness (QED) is 0.487. The number of imidazole rings is 1. The van der Waals surface area contributed by atoms with Gasteiger partial charge in [-0.25, -0.2) is 4.98 Å². The number of hydrogen-bond acceptors (Lipinski definition) is 6. The highest BCUT2D eigenvalue weighted by atomic mass is 16.3.